The van der Waals surface area contributed by atoms with Gasteiger partial charge in [0.25, 0.3) is 0 Å². The number of alkyl halides is 3. The van der Waals surface area contributed by atoms with E-state index in [0.29, 0.717) is 11.4 Å². The van der Waals surface area contributed by atoms with Gasteiger partial charge in [0.05, 0.1) is 17.4 Å². The average Bonchev–Trinajstić information content (AvgIpc) is 3.22. The number of benzene rings is 1. The van der Waals surface area contributed by atoms with Crippen LogP contribution in [0, 0.1) is 6.92 Å². The quantitative estimate of drug-likeness (QED) is 0.433. The molecule has 1 aromatic carbocycles. The summed E-state index contributed by atoms with van der Waals surface area (Å²) in [5.41, 5.74) is 3.04. The minimum Gasteiger partial charge on any atom is -0.455 e. The maximum absolute atomic E-state index is 13.4. The number of halogens is 3. The van der Waals surface area contributed by atoms with Crippen molar-refractivity contribution in [3.8, 4) is 0 Å². The minimum atomic E-state index is -4.92. The Kier molecular flexibility index (Phi) is 5.33. The molecule has 176 valence electrons. The number of pyridine rings is 2. The monoisotopic (exact) mass is 488 g/mol. The average molecular weight is 488 g/mol. The number of nitrogens with one attached hydrogen (secondary N) is 1. The molecule has 11 heteroatoms. The van der Waals surface area contributed by atoms with Crippen LogP contribution >= 0.6 is 0 Å². The fraction of sp³-hybridized carbons (Fsp3) is 0.217. The molecule has 0 aliphatic carbocycles. The summed E-state index contributed by atoms with van der Waals surface area (Å²) in [5.74, 6) is -1.07. The Labute approximate surface area is 193 Å². The Hall–Kier alpha value is -3.44. The van der Waals surface area contributed by atoms with Gasteiger partial charge in [-0.15, -0.1) is 0 Å². The number of hydrogen-bond acceptors (Lipinski definition) is 6. The standard InChI is InChI=1S/C23H19F3N4O3S/c1-14-10-20(21(33-14)23(24,25)26)34(31,32)30-9-7-18-16(13-30)6-8-27-22(18)29-17-11-15-4-2-3-5-19(15)28-12-17/h2-6,8,10-12H,7,9,13H2,1H3,(H,27,29). The number of para-hydroxylation sites is 1. The van der Waals surface area contributed by atoms with Crippen molar-refractivity contribution in [2.24, 2.45) is 0 Å². The molecule has 0 saturated heterocycles. The van der Waals surface area contributed by atoms with Crippen LogP contribution in [0.3, 0.4) is 0 Å². The van der Waals surface area contributed by atoms with E-state index < -0.39 is 26.9 Å². The van der Waals surface area contributed by atoms with Gasteiger partial charge in [0.15, 0.2) is 0 Å². The summed E-state index contributed by atoms with van der Waals surface area (Å²) in [5, 5.41) is 4.19. The van der Waals surface area contributed by atoms with Crippen LogP contribution in [-0.4, -0.2) is 29.2 Å². The van der Waals surface area contributed by atoms with Gasteiger partial charge in [-0.05, 0) is 37.1 Å². The van der Waals surface area contributed by atoms with Gasteiger partial charge >= 0.3 is 6.18 Å². The van der Waals surface area contributed by atoms with Crippen molar-refractivity contribution < 1.29 is 26.0 Å². The van der Waals surface area contributed by atoms with Crippen molar-refractivity contribution in [1.82, 2.24) is 14.3 Å². The first-order chi connectivity index (χ1) is 16.1. The predicted molar refractivity (Wildman–Crippen MR) is 119 cm³/mol. The summed E-state index contributed by atoms with van der Waals surface area (Å²) in [6.07, 6.45) is -1.42. The molecule has 0 saturated carbocycles. The molecular formula is C23H19F3N4O3S. The normalized spacial score (nSPS) is 14.8. The number of anilines is 2. The molecule has 0 atom stereocenters. The first kappa shape index (κ1) is 22.4. The summed E-state index contributed by atoms with van der Waals surface area (Å²) in [6.45, 7) is 1.21. The molecule has 0 unspecified atom stereocenters. The van der Waals surface area contributed by atoms with Crippen LogP contribution in [0.1, 0.15) is 22.6 Å². The number of hydrogen-bond donors (Lipinski definition) is 1. The van der Waals surface area contributed by atoms with Gasteiger partial charge in [0.2, 0.25) is 15.8 Å². The zero-order valence-electron chi connectivity index (χ0n) is 17.9. The third-order valence-electron chi connectivity index (χ3n) is 5.66. The minimum absolute atomic E-state index is 0.00714. The van der Waals surface area contributed by atoms with Gasteiger partial charge in [-0.1, -0.05) is 18.2 Å². The molecule has 4 aromatic rings. The summed E-state index contributed by atoms with van der Waals surface area (Å²) in [6, 6.07) is 12.2. The van der Waals surface area contributed by atoms with E-state index in [-0.39, 0.29) is 25.3 Å². The first-order valence-corrected chi connectivity index (χ1v) is 11.8. The van der Waals surface area contributed by atoms with Crippen molar-refractivity contribution in [3.63, 3.8) is 0 Å². The molecular weight excluding hydrogens is 469 g/mol. The molecule has 0 fully saturated rings. The number of aryl methyl sites for hydroxylation is 1. The number of aromatic nitrogens is 2. The van der Waals surface area contributed by atoms with Gasteiger partial charge < -0.3 is 9.73 Å². The highest BCUT2D eigenvalue weighted by atomic mass is 32.2. The summed E-state index contributed by atoms with van der Waals surface area (Å²) in [7, 11) is -4.42. The lowest BCUT2D eigenvalue weighted by molar-refractivity contribution is -0.156. The number of nitrogens with zero attached hydrogens (tertiary/aromatic N) is 3. The zero-order chi connectivity index (χ0) is 24.1. The second kappa shape index (κ2) is 8.10. The Morgan fingerprint density at radius 3 is 2.71 bits per heavy atom. The predicted octanol–water partition coefficient (Wildman–Crippen LogP) is 5.04. The smallest absolute Gasteiger partial charge is 0.450 e. The summed E-state index contributed by atoms with van der Waals surface area (Å²) in [4.78, 5) is 7.95. The third kappa shape index (κ3) is 4.01. The highest BCUT2D eigenvalue weighted by Crippen LogP contribution is 2.38. The highest BCUT2D eigenvalue weighted by Gasteiger charge is 2.44. The summed E-state index contributed by atoms with van der Waals surface area (Å²) < 4.78 is 72.0. The van der Waals surface area contributed by atoms with Gasteiger partial charge in [0.1, 0.15) is 16.5 Å². The van der Waals surface area contributed by atoms with Crippen LogP contribution in [0.5, 0.6) is 0 Å². The lowest BCUT2D eigenvalue weighted by Gasteiger charge is -2.29. The van der Waals surface area contributed by atoms with Crippen molar-refractivity contribution in [2.45, 2.75) is 31.0 Å². The van der Waals surface area contributed by atoms with Gasteiger partial charge in [-0.25, -0.2) is 13.4 Å². The van der Waals surface area contributed by atoms with E-state index in [9.17, 15) is 21.6 Å². The van der Waals surface area contributed by atoms with Gasteiger partial charge in [0, 0.05) is 36.3 Å². The second-order valence-electron chi connectivity index (χ2n) is 7.98. The molecule has 1 N–H and O–H groups in total. The van der Waals surface area contributed by atoms with Crippen LogP contribution in [0.25, 0.3) is 10.9 Å². The van der Waals surface area contributed by atoms with Crippen LogP contribution in [-0.2, 0) is 29.2 Å². The van der Waals surface area contributed by atoms with Crippen LogP contribution in [0.2, 0.25) is 0 Å². The first-order valence-electron chi connectivity index (χ1n) is 10.4. The summed E-state index contributed by atoms with van der Waals surface area (Å²) >= 11 is 0. The van der Waals surface area contributed by atoms with E-state index in [2.05, 4.69) is 19.7 Å². The van der Waals surface area contributed by atoms with Gasteiger partial charge in [-0.3, -0.25) is 4.98 Å². The second-order valence-corrected chi connectivity index (χ2v) is 9.88. The number of sulfonamides is 1. The molecule has 4 heterocycles. The van der Waals surface area contributed by atoms with Crippen molar-refractivity contribution in [2.75, 3.05) is 11.9 Å². The van der Waals surface area contributed by atoms with Crippen LogP contribution < -0.4 is 5.32 Å². The van der Waals surface area contributed by atoms with E-state index in [0.717, 1.165) is 32.5 Å². The largest absolute Gasteiger partial charge is 0.455 e. The van der Waals surface area contributed by atoms with Crippen LogP contribution in [0.15, 0.2) is 64.2 Å². The van der Waals surface area contributed by atoms with Crippen molar-refractivity contribution in [1.29, 1.82) is 0 Å². The fourth-order valence-electron chi connectivity index (χ4n) is 4.07. The lowest BCUT2D eigenvalue weighted by Crippen LogP contribution is -2.37. The molecule has 0 amide bonds. The number of furan rings is 1. The third-order valence-corrected chi connectivity index (χ3v) is 7.51. The Morgan fingerprint density at radius 1 is 1.12 bits per heavy atom. The maximum Gasteiger partial charge on any atom is 0.450 e. The topological polar surface area (TPSA) is 88.3 Å². The number of rotatable bonds is 4. The Morgan fingerprint density at radius 2 is 1.91 bits per heavy atom. The van der Waals surface area contributed by atoms with E-state index in [1.807, 2.05) is 30.3 Å². The fourth-order valence-corrected chi connectivity index (χ4v) is 5.70. The van der Waals surface area contributed by atoms with Crippen molar-refractivity contribution in [3.05, 3.63) is 77.5 Å². The molecule has 1 aliphatic heterocycles. The van der Waals surface area contributed by atoms with E-state index >= 15 is 0 Å². The molecule has 0 spiro atoms. The molecule has 0 bridgehead atoms. The van der Waals surface area contributed by atoms with Crippen molar-refractivity contribution >= 4 is 32.4 Å². The van der Waals surface area contributed by atoms with Gasteiger partial charge in [-0.2, -0.15) is 17.5 Å². The molecule has 1 aliphatic rings. The number of fused-ring (bicyclic) bond motifs is 2. The molecule has 5 rings (SSSR count). The molecule has 0 radical (unpaired) electrons. The molecule has 3 aromatic heterocycles. The zero-order valence-corrected chi connectivity index (χ0v) is 18.7. The molecule has 7 nitrogen and oxygen atoms in total. The van der Waals surface area contributed by atoms with Crippen LogP contribution in [0.4, 0.5) is 24.7 Å². The molecule has 34 heavy (non-hydrogen) atoms. The lowest BCUT2D eigenvalue weighted by atomic mass is 10.0. The van der Waals surface area contributed by atoms with E-state index in [4.69, 9.17) is 0 Å². The van der Waals surface area contributed by atoms with E-state index in [1.54, 1.807) is 12.3 Å². The Bertz CT molecular complexity index is 1500. The highest BCUT2D eigenvalue weighted by molar-refractivity contribution is 7.89. The van der Waals surface area contributed by atoms with E-state index in [1.165, 1.54) is 13.1 Å². The SMILES string of the molecule is Cc1cc(S(=O)(=O)N2CCc3c(ccnc3Nc3cnc4ccccc4c3)C2)c(C(F)(F)F)o1. The maximum atomic E-state index is 13.4. The Balaban J connectivity index is 1.44.